The van der Waals surface area contributed by atoms with E-state index in [0.29, 0.717) is 32.0 Å². The van der Waals surface area contributed by atoms with E-state index in [1.807, 2.05) is 54.3 Å². The maximum Gasteiger partial charge on any atom is 0.223 e. The molecule has 0 saturated heterocycles. The fraction of sp³-hybridized carbons (Fsp3) is 0.417. The Morgan fingerprint density at radius 3 is 2.33 bits per heavy atom. The molecule has 2 aromatic rings. The molecule has 6 heteroatoms. The number of nitrogens with one attached hydrogen (secondary N) is 2. The second kappa shape index (κ2) is 10.3. The van der Waals surface area contributed by atoms with Crippen molar-refractivity contribution in [1.82, 2.24) is 15.5 Å². The molecule has 1 atom stereocenters. The number of nitrogens with zero attached hydrogens (tertiary/aromatic N) is 2. The maximum atomic E-state index is 12.5. The van der Waals surface area contributed by atoms with Gasteiger partial charge in [-0.3, -0.25) is 4.79 Å². The van der Waals surface area contributed by atoms with Gasteiger partial charge in [-0.25, -0.2) is 4.99 Å². The lowest BCUT2D eigenvalue weighted by Gasteiger charge is -2.22. The van der Waals surface area contributed by atoms with E-state index in [4.69, 9.17) is 0 Å². The molecule has 0 spiro atoms. The Labute approximate surface area is 179 Å². The maximum absolute atomic E-state index is 12.5. The molecule has 0 aromatic heterocycles. The Balaban J connectivity index is 1.45. The molecule has 6 nitrogen and oxygen atoms in total. The molecule has 30 heavy (non-hydrogen) atoms. The van der Waals surface area contributed by atoms with E-state index in [-0.39, 0.29) is 12.5 Å². The molecule has 0 aliphatic carbocycles. The largest absolute Gasteiger partial charge is 0.384 e. The first-order valence-electron chi connectivity index (χ1n) is 10.6. The Bertz CT molecular complexity index is 840. The normalized spacial score (nSPS) is 15.4. The van der Waals surface area contributed by atoms with E-state index in [1.165, 1.54) is 11.1 Å². The first kappa shape index (κ1) is 21.8. The van der Waals surface area contributed by atoms with E-state index >= 15 is 0 Å². The lowest BCUT2D eigenvalue weighted by Crippen LogP contribution is -2.39. The molecule has 1 unspecified atom stereocenters. The Kier molecular flexibility index (Phi) is 7.46. The minimum atomic E-state index is -1.04. The number of amides is 1. The lowest BCUT2D eigenvalue weighted by molar-refractivity contribution is -0.131. The van der Waals surface area contributed by atoms with Gasteiger partial charge >= 0.3 is 0 Å². The van der Waals surface area contributed by atoms with Crippen LogP contribution in [0.3, 0.4) is 0 Å². The first-order chi connectivity index (χ1) is 14.5. The molecular formula is C24H32N4O2. The van der Waals surface area contributed by atoms with Gasteiger partial charge in [-0.15, -0.1) is 0 Å². The third kappa shape index (κ3) is 5.83. The van der Waals surface area contributed by atoms with Crippen molar-refractivity contribution < 1.29 is 9.90 Å². The summed E-state index contributed by atoms with van der Waals surface area (Å²) in [5, 5.41) is 17.2. The van der Waals surface area contributed by atoms with Crippen molar-refractivity contribution in [3.63, 3.8) is 0 Å². The van der Waals surface area contributed by atoms with Crippen LogP contribution in [0.2, 0.25) is 0 Å². The number of benzene rings is 2. The van der Waals surface area contributed by atoms with Crippen LogP contribution in [0.1, 0.15) is 43.4 Å². The third-order valence-corrected chi connectivity index (χ3v) is 5.34. The Hall–Kier alpha value is -2.86. The van der Waals surface area contributed by atoms with Crippen LogP contribution in [0.4, 0.5) is 0 Å². The predicted octanol–water partition coefficient (Wildman–Crippen LogP) is 2.77. The van der Waals surface area contributed by atoms with Crippen molar-refractivity contribution in [2.45, 2.75) is 45.4 Å². The highest BCUT2D eigenvalue weighted by Gasteiger charge is 2.23. The van der Waals surface area contributed by atoms with Crippen LogP contribution in [0.25, 0.3) is 0 Å². The number of carbonyl (C=O) groups is 1. The van der Waals surface area contributed by atoms with Crippen molar-refractivity contribution in [2.24, 2.45) is 4.99 Å². The van der Waals surface area contributed by atoms with E-state index in [0.717, 1.165) is 18.5 Å². The smallest absolute Gasteiger partial charge is 0.223 e. The van der Waals surface area contributed by atoms with Crippen LogP contribution >= 0.6 is 0 Å². The van der Waals surface area contributed by atoms with Gasteiger partial charge in [-0.2, -0.15) is 0 Å². The van der Waals surface area contributed by atoms with Crippen molar-refractivity contribution >= 4 is 11.9 Å². The van der Waals surface area contributed by atoms with Crippen LogP contribution in [-0.2, 0) is 23.5 Å². The zero-order valence-corrected chi connectivity index (χ0v) is 17.9. The monoisotopic (exact) mass is 408 g/mol. The Morgan fingerprint density at radius 1 is 1.07 bits per heavy atom. The Morgan fingerprint density at radius 2 is 1.70 bits per heavy atom. The van der Waals surface area contributed by atoms with E-state index < -0.39 is 5.60 Å². The number of aliphatic imine (C=N–C) groups is 1. The standard InChI is InChI=1S/C24H32N4O2/c1-3-25-23(27-18-24(2,30)21-12-5-4-6-13-21)26-15-9-14-22(29)28-16-19-10-7-8-11-20(19)17-28/h4-8,10-13,30H,3,9,14-18H2,1-2H3,(H2,25,26,27). The molecule has 0 fully saturated rings. The summed E-state index contributed by atoms with van der Waals surface area (Å²) in [6, 6.07) is 17.8. The number of hydrogen-bond donors (Lipinski definition) is 3. The second-order valence-corrected chi connectivity index (χ2v) is 7.88. The van der Waals surface area contributed by atoms with Gasteiger partial charge in [0.1, 0.15) is 5.60 Å². The summed E-state index contributed by atoms with van der Waals surface area (Å²) in [6.07, 6.45) is 1.23. The molecule has 0 radical (unpaired) electrons. The highest BCUT2D eigenvalue weighted by molar-refractivity contribution is 5.80. The summed E-state index contributed by atoms with van der Waals surface area (Å²) in [7, 11) is 0. The van der Waals surface area contributed by atoms with Gasteiger partial charge in [0.25, 0.3) is 0 Å². The van der Waals surface area contributed by atoms with Gasteiger partial charge in [0, 0.05) is 32.6 Å². The number of carbonyl (C=O) groups excluding carboxylic acids is 1. The third-order valence-electron chi connectivity index (χ3n) is 5.34. The molecule has 0 saturated carbocycles. The zero-order chi connectivity index (χ0) is 21.4. The van der Waals surface area contributed by atoms with E-state index in [9.17, 15) is 9.90 Å². The van der Waals surface area contributed by atoms with Crippen molar-refractivity contribution in [2.75, 3.05) is 19.6 Å². The van der Waals surface area contributed by atoms with Gasteiger partial charge in [0.15, 0.2) is 5.96 Å². The highest BCUT2D eigenvalue weighted by Crippen LogP contribution is 2.23. The molecule has 3 rings (SSSR count). The van der Waals surface area contributed by atoms with Crippen LogP contribution in [0.15, 0.2) is 59.6 Å². The van der Waals surface area contributed by atoms with Gasteiger partial charge < -0.3 is 20.6 Å². The molecular weight excluding hydrogens is 376 g/mol. The van der Waals surface area contributed by atoms with E-state index in [1.54, 1.807) is 6.92 Å². The first-order valence-corrected chi connectivity index (χ1v) is 10.6. The number of hydrogen-bond acceptors (Lipinski definition) is 3. The van der Waals surface area contributed by atoms with Gasteiger partial charge in [0.2, 0.25) is 5.91 Å². The van der Waals surface area contributed by atoms with Crippen molar-refractivity contribution in [3.05, 3.63) is 71.3 Å². The number of guanidine groups is 1. The van der Waals surface area contributed by atoms with Gasteiger partial charge in [-0.1, -0.05) is 54.6 Å². The average Bonchev–Trinajstić information content (AvgIpc) is 3.20. The molecule has 1 aliphatic heterocycles. The number of aliphatic hydroxyl groups is 1. The molecule has 1 amide bonds. The lowest BCUT2D eigenvalue weighted by atomic mass is 9.96. The molecule has 160 valence electrons. The SMILES string of the molecule is CCNC(=NCC(C)(O)c1ccccc1)NCCCC(=O)N1Cc2ccccc2C1. The number of rotatable bonds is 8. The highest BCUT2D eigenvalue weighted by atomic mass is 16.3. The van der Waals surface area contributed by atoms with Crippen LogP contribution in [0, 0.1) is 0 Å². The zero-order valence-electron chi connectivity index (χ0n) is 17.9. The fourth-order valence-corrected chi connectivity index (χ4v) is 3.58. The molecule has 1 heterocycles. The summed E-state index contributed by atoms with van der Waals surface area (Å²) < 4.78 is 0. The summed E-state index contributed by atoms with van der Waals surface area (Å²) in [5.74, 6) is 0.830. The average molecular weight is 409 g/mol. The fourth-order valence-electron chi connectivity index (χ4n) is 3.58. The molecule has 0 bridgehead atoms. The second-order valence-electron chi connectivity index (χ2n) is 7.88. The van der Waals surface area contributed by atoms with Gasteiger partial charge in [-0.05, 0) is 37.0 Å². The topological polar surface area (TPSA) is 77.0 Å². The summed E-state index contributed by atoms with van der Waals surface area (Å²) >= 11 is 0. The molecule has 3 N–H and O–H groups in total. The van der Waals surface area contributed by atoms with Crippen molar-refractivity contribution in [1.29, 1.82) is 0 Å². The predicted molar refractivity (Wildman–Crippen MR) is 120 cm³/mol. The minimum Gasteiger partial charge on any atom is -0.384 e. The minimum absolute atomic E-state index is 0.182. The number of fused-ring (bicyclic) bond motifs is 1. The molecule has 2 aromatic carbocycles. The summed E-state index contributed by atoms with van der Waals surface area (Å²) in [5.41, 5.74) is 2.29. The molecule has 1 aliphatic rings. The van der Waals surface area contributed by atoms with Gasteiger partial charge in [0.05, 0.1) is 6.54 Å². The van der Waals surface area contributed by atoms with E-state index in [2.05, 4.69) is 27.8 Å². The van der Waals surface area contributed by atoms with Crippen LogP contribution in [0.5, 0.6) is 0 Å². The quantitative estimate of drug-likeness (QED) is 0.357. The summed E-state index contributed by atoms with van der Waals surface area (Å²) in [4.78, 5) is 19.0. The van der Waals surface area contributed by atoms with Crippen LogP contribution in [-0.4, -0.2) is 41.5 Å². The van der Waals surface area contributed by atoms with Crippen molar-refractivity contribution in [3.8, 4) is 0 Å². The summed E-state index contributed by atoms with van der Waals surface area (Å²) in [6.45, 7) is 6.80. The van der Waals surface area contributed by atoms with Crippen LogP contribution < -0.4 is 10.6 Å².